The fourth-order valence-electron chi connectivity index (χ4n) is 3.38. The molecule has 0 aromatic rings. The van der Waals surface area contributed by atoms with Crippen LogP contribution >= 0.6 is 0 Å². The molecule has 1 unspecified atom stereocenters. The van der Waals surface area contributed by atoms with Crippen molar-refractivity contribution in [1.82, 2.24) is 10.2 Å². The third-order valence-electron chi connectivity index (χ3n) is 4.30. The van der Waals surface area contributed by atoms with E-state index in [-0.39, 0.29) is 5.60 Å². The van der Waals surface area contributed by atoms with Crippen LogP contribution in [0.25, 0.3) is 0 Å². The molecule has 0 amide bonds. The van der Waals surface area contributed by atoms with E-state index in [1.807, 2.05) is 0 Å². The molecule has 2 fully saturated rings. The zero-order valence-electron chi connectivity index (χ0n) is 11.7. The van der Waals surface area contributed by atoms with Gasteiger partial charge in [0.05, 0.1) is 12.2 Å². The van der Waals surface area contributed by atoms with Crippen LogP contribution in [-0.2, 0) is 4.74 Å². The largest absolute Gasteiger partial charge is 0.373 e. The van der Waals surface area contributed by atoms with Gasteiger partial charge in [-0.1, -0.05) is 12.8 Å². The van der Waals surface area contributed by atoms with Crippen molar-refractivity contribution >= 4 is 0 Å². The van der Waals surface area contributed by atoms with Crippen LogP contribution in [0.4, 0.5) is 0 Å². The van der Waals surface area contributed by atoms with E-state index in [0.29, 0.717) is 6.04 Å². The van der Waals surface area contributed by atoms with Crippen molar-refractivity contribution in [2.75, 3.05) is 33.3 Å². The van der Waals surface area contributed by atoms with E-state index in [0.717, 1.165) is 25.6 Å². The molecule has 3 heteroatoms. The van der Waals surface area contributed by atoms with Crippen LogP contribution in [0, 0.1) is 5.92 Å². The van der Waals surface area contributed by atoms with Crippen LogP contribution in [0.3, 0.4) is 0 Å². The molecule has 100 valence electrons. The monoisotopic (exact) mass is 240 g/mol. The standard InChI is InChI=1S/C14H28N2O/c1-14(2)11-16(8-9-17-14)10-13(15-3)12-6-4-5-7-12/h12-13,15H,4-11H2,1-3H3. The van der Waals surface area contributed by atoms with E-state index >= 15 is 0 Å². The highest BCUT2D eigenvalue weighted by molar-refractivity contribution is 4.86. The van der Waals surface area contributed by atoms with E-state index in [1.165, 1.54) is 32.2 Å². The minimum Gasteiger partial charge on any atom is -0.373 e. The first kappa shape index (κ1) is 13.3. The Morgan fingerprint density at radius 2 is 2.06 bits per heavy atom. The van der Waals surface area contributed by atoms with Gasteiger partial charge >= 0.3 is 0 Å². The van der Waals surface area contributed by atoms with Gasteiger partial charge in [0, 0.05) is 25.7 Å². The van der Waals surface area contributed by atoms with Crippen LogP contribution in [0.5, 0.6) is 0 Å². The number of ether oxygens (including phenoxy) is 1. The smallest absolute Gasteiger partial charge is 0.0753 e. The van der Waals surface area contributed by atoms with Crippen molar-refractivity contribution in [2.45, 2.75) is 51.2 Å². The SMILES string of the molecule is CNC(CN1CCOC(C)(C)C1)C1CCCC1. The first-order valence-electron chi connectivity index (χ1n) is 7.14. The second-order valence-electron chi connectivity index (χ2n) is 6.28. The molecule has 2 aliphatic rings. The molecule has 0 aromatic heterocycles. The van der Waals surface area contributed by atoms with Gasteiger partial charge in [-0.25, -0.2) is 0 Å². The second kappa shape index (κ2) is 5.68. The average Bonchev–Trinajstić information content (AvgIpc) is 2.78. The summed E-state index contributed by atoms with van der Waals surface area (Å²) in [7, 11) is 2.12. The maximum atomic E-state index is 5.77. The van der Waals surface area contributed by atoms with Crippen molar-refractivity contribution in [3.63, 3.8) is 0 Å². The Bertz CT molecular complexity index is 236. The zero-order valence-corrected chi connectivity index (χ0v) is 11.7. The molecule has 1 saturated carbocycles. The van der Waals surface area contributed by atoms with Crippen LogP contribution < -0.4 is 5.32 Å². The minimum atomic E-state index is 0.0339. The molecule has 1 N–H and O–H groups in total. The molecule has 0 bridgehead atoms. The van der Waals surface area contributed by atoms with E-state index in [9.17, 15) is 0 Å². The number of nitrogens with one attached hydrogen (secondary N) is 1. The molecule has 1 aliphatic carbocycles. The molecule has 1 heterocycles. The molecule has 0 spiro atoms. The number of nitrogens with zero attached hydrogens (tertiary/aromatic N) is 1. The van der Waals surface area contributed by atoms with Crippen molar-refractivity contribution in [3.8, 4) is 0 Å². The normalized spacial score (nSPS) is 28.4. The summed E-state index contributed by atoms with van der Waals surface area (Å²) in [6, 6.07) is 0.673. The summed E-state index contributed by atoms with van der Waals surface area (Å²) in [6.07, 6.45) is 5.69. The van der Waals surface area contributed by atoms with Crippen LogP contribution in [0.15, 0.2) is 0 Å². The van der Waals surface area contributed by atoms with Crippen molar-refractivity contribution in [1.29, 1.82) is 0 Å². The molecule has 0 aromatic carbocycles. The third kappa shape index (κ3) is 3.67. The van der Waals surface area contributed by atoms with Gasteiger partial charge in [0.25, 0.3) is 0 Å². The second-order valence-corrected chi connectivity index (χ2v) is 6.28. The first-order chi connectivity index (χ1) is 8.11. The maximum absolute atomic E-state index is 5.77. The van der Waals surface area contributed by atoms with Crippen LogP contribution in [-0.4, -0.2) is 49.8 Å². The Morgan fingerprint density at radius 3 is 2.65 bits per heavy atom. The zero-order chi connectivity index (χ0) is 12.3. The van der Waals surface area contributed by atoms with Crippen molar-refractivity contribution < 1.29 is 4.74 Å². The van der Waals surface area contributed by atoms with Gasteiger partial charge in [0.15, 0.2) is 0 Å². The topological polar surface area (TPSA) is 24.5 Å². The number of hydrogen-bond acceptors (Lipinski definition) is 3. The van der Waals surface area contributed by atoms with E-state index < -0.39 is 0 Å². The maximum Gasteiger partial charge on any atom is 0.0753 e. The predicted octanol–water partition coefficient (Wildman–Crippen LogP) is 1.88. The molecule has 1 aliphatic heterocycles. The van der Waals surface area contributed by atoms with Gasteiger partial charge in [-0.15, -0.1) is 0 Å². The summed E-state index contributed by atoms with van der Waals surface area (Å²) < 4.78 is 5.77. The molecular weight excluding hydrogens is 212 g/mol. The number of rotatable bonds is 4. The lowest BCUT2D eigenvalue weighted by Gasteiger charge is -2.40. The quantitative estimate of drug-likeness (QED) is 0.812. The van der Waals surface area contributed by atoms with Gasteiger partial charge in [-0.3, -0.25) is 4.90 Å². The van der Waals surface area contributed by atoms with Gasteiger partial charge in [0.1, 0.15) is 0 Å². The molecule has 17 heavy (non-hydrogen) atoms. The number of likely N-dealkylation sites (N-methyl/N-ethyl adjacent to an activating group) is 1. The fourth-order valence-corrected chi connectivity index (χ4v) is 3.38. The highest BCUT2D eigenvalue weighted by Gasteiger charge is 2.31. The molecular formula is C14H28N2O. The molecule has 1 saturated heterocycles. The Morgan fingerprint density at radius 1 is 1.35 bits per heavy atom. The summed E-state index contributed by atoms with van der Waals surface area (Å²) >= 11 is 0. The lowest BCUT2D eigenvalue weighted by molar-refractivity contribution is -0.0885. The third-order valence-corrected chi connectivity index (χ3v) is 4.30. The average molecular weight is 240 g/mol. The summed E-state index contributed by atoms with van der Waals surface area (Å²) in [4.78, 5) is 2.57. The van der Waals surface area contributed by atoms with Gasteiger partial charge in [-0.2, -0.15) is 0 Å². The Balaban J connectivity index is 1.85. The Hall–Kier alpha value is -0.120. The minimum absolute atomic E-state index is 0.0339. The van der Waals surface area contributed by atoms with Crippen LogP contribution in [0.2, 0.25) is 0 Å². The first-order valence-corrected chi connectivity index (χ1v) is 7.14. The summed E-state index contributed by atoms with van der Waals surface area (Å²) in [5.74, 6) is 0.894. The van der Waals surface area contributed by atoms with Gasteiger partial charge < -0.3 is 10.1 Å². The lowest BCUT2D eigenvalue weighted by atomic mass is 9.97. The van der Waals surface area contributed by atoms with E-state index in [1.54, 1.807) is 0 Å². The van der Waals surface area contributed by atoms with E-state index in [2.05, 4.69) is 31.1 Å². The van der Waals surface area contributed by atoms with Crippen LogP contribution in [0.1, 0.15) is 39.5 Å². The van der Waals surface area contributed by atoms with Crippen molar-refractivity contribution in [2.24, 2.45) is 5.92 Å². The number of morpholine rings is 1. The highest BCUT2D eigenvalue weighted by Crippen LogP contribution is 2.28. The van der Waals surface area contributed by atoms with Gasteiger partial charge in [0.2, 0.25) is 0 Å². The molecule has 2 rings (SSSR count). The Labute approximate surface area is 106 Å². The predicted molar refractivity (Wildman–Crippen MR) is 71.3 cm³/mol. The molecule has 0 radical (unpaired) electrons. The molecule has 3 nitrogen and oxygen atoms in total. The molecule has 1 atom stereocenters. The van der Waals surface area contributed by atoms with E-state index in [4.69, 9.17) is 4.74 Å². The summed E-state index contributed by atoms with van der Waals surface area (Å²) in [5, 5.41) is 3.54. The van der Waals surface area contributed by atoms with Crippen molar-refractivity contribution in [3.05, 3.63) is 0 Å². The lowest BCUT2D eigenvalue weighted by Crippen LogP contribution is -2.53. The number of hydrogen-bond donors (Lipinski definition) is 1. The summed E-state index contributed by atoms with van der Waals surface area (Å²) in [5.41, 5.74) is 0.0339. The summed E-state index contributed by atoms with van der Waals surface area (Å²) in [6.45, 7) is 8.63. The Kier molecular flexibility index (Phi) is 4.45. The highest BCUT2D eigenvalue weighted by atomic mass is 16.5. The fraction of sp³-hybridized carbons (Fsp3) is 1.00. The van der Waals surface area contributed by atoms with Gasteiger partial charge in [-0.05, 0) is 39.7 Å².